The van der Waals surface area contributed by atoms with Gasteiger partial charge in [-0.3, -0.25) is 0 Å². The molecule has 5 nitrogen and oxygen atoms in total. The standard InChI is InChI=1S/C13H19N3O2S/c1-13(6-3-7-19-13)8-15-11-9(14)4-5-10(16-11)12(17)18-2/h4-5H,3,6-8,14H2,1-2H3,(H,15,16). The average Bonchev–Trinajstić information content (AvgIpc) is 2.84. The first-order valence-corrected chi connectivity index (χ1v) is 7.25. The zero-order chi connectivity index (χ0) is 13.9. The number of hydrogen-bond acceptors (Lipinski definition) is 6. The van der Waals surface area contributed by atoms with Crippen LogP contribution >= 0.6 is 11.8 Å². The zero-order valence-electron chi connectivity index (χ0n) is 11.2. The van der Waals surface area contributed by atoms with E-state index in [0.717, 1.165) is 6.54 Å². The van der Waals surface area contributed by atoms with Gasteiger partial charge < -0.3 is 15.8 Å². The summed E-state index contributed by atoms with van der Waals surface area (Å²) in [7, 11) is 1.34. The lowest BCUT2D eigenvalue weighted by atomic mass is 10.1. The van der Waals surface area contributed by atoms with Gasteiger partial charge in [0.15, 0.2) is 5.69 Å². The second kappa shape index (κ2) is 5.69. The number of thioether (sulfide) groups is 1. The maximum atomic E-state index is 11.4. The van der Waals surface area contributed by atoms with Crippen molar-refractivity contribution < 1.29 is 9.53 Å². The van der Waals surface area contributed by atoms with Crippen LogP contribution in [0.15, 0.2) is 12.1 Å². The number of rotatable bonds is 4. The van der Waals surface area contributed by atoms with Crippen LogP contribution < -0.4 is 11.1 Å². The molecule has 1 aliphatic heterocycles. The molecule has 1 atom stereocenters. The van der Waals surface area contributed by atoms with Crippen molar-refractivity contribution in [2.45, 2.75) is 24.5 Å². The molecule has 0 radical (unpaired) electrons. The Morgan fingerprint density at radius 2 is 2.42 bits per heavy atom. The normalized spacial score (nSPS) is 22.2. The molecule has 0 amide bonds. The van der Waals surface area contributed by atoms with Crippen LogP contribution in [0, 0.1) is 0 Å². The number of anilines is 2. The number of nitrogen functional groups attached to an aromatic ring is 1. The maximum Gasteiger partial charge on any atom is 0.356 e. The molecule has 1 unspecified atom stereocenters. The Morgan fingerprint density at radius 1 is 1.63 bits per heavy atom. The highest BCUT2D eigenvalue weighted by Gasteiger charge is 2.29. The number of nitrogens with zero attached hydrogens (tertiary/aromatic N) is 1. The first kappa shape index (κ1) is 14.0. The number of pyridine rings is 1. The van der Waals surface area contributed by atoms with E-state index in [-0.39, 0.29) is 10.4 Å². The number of hydrogen-bond donors (Lipinski definition) is 2. The summed E-state index contributed by atoms with van der Waals surface area (Å²) in [6.07, 6.45) is 2.43. The minimum atomic E-state index is -0.454. The largest absolute Gasteiger partial charge is 0.464 e. The third kappa shape index (κ3) is 3.32. The second-order valence-electron chi connectivity index (χ2n) is 4.88. The number of carbonyl (C=O) groups is 1. The number of nitrogens with one attached hydrogen (secondary N) is 1. The van der Waals surface area contributed by atoms with Gasteiger partial charge in [-0.25, -0.2) is 9.78 Å². The van der Waals surface area contributed by atoms with Crippen LogP contribution in [0.4, 0.5) is 11.5 Å². The van der Waals surface area contributed by atoms with E-state index >= 15 is 0 Å². The fourth-order valence-corrected chi connectivity index (χ4v) is 3.32. The molecule has 2 rings (SSSR count). The van der Waals surface area contributed by atoms with Gasteiger partial charge in [-0.2, -0.15) is 11.8 Å². The van der Waals surface area contributed by atoms with Gasteiger partial charge in [0.25, 0.3) is 0 Å². The summed E-state index contributed by atoms with van der Waals surface area (Å²) in [6, 6.07) is 3.24. The van der Waals surface area contributed by atoms with E-state index in [4.69, 9.17) is 5.73 Å². The van der Waals surface area contributed by atoms with Gasteiger partial charge in [0.05, 0.1) is 12.8 Å². The van der Waals surface area contributed by atoms with E-state index in [1.54, 1.807) is 12.1 Å². The molecule has 1 aliphatic rings. The smallest absolute Gasteiger partial charge is 0.356 e. The minimum Gasteiger partial charge on any atom is -0.464 e. The Labute approximate surface area is 117 Å². The average molecular weight is 281 g/mol. The molecule has 1 fully saturated rings. The third-order valence-electron chi connectivity index (χ3n) is 3.25. The highest BCUT2D eigenvalue weighted by atomic mass is 32.2. The SMILES string of the molecule is COC(=O)c1ccc(N)c(NCC2(C)CCCS2)n1. The van der Waals surface area contributed by atoms with Crippen LogP contribution in [0.5, 0.6) is 0 Å². The summed E-state index contributed by atoms with van der Waals surface area (Å²) < 4.78 is 4.87. The Kier molecular flexibility index (Phi) is 4.19. The summed E-state index contributed by atoms with van der Waals surface area (Å²) in [5.74, 6) is 1.30. The van der Waals surface area contributed by atoms with E-state index in [1.165, 1.54) is 25.7 Å². The van der Waals surface area contributed by atoms with Crippen LogP contribution in [0.25, 0.3) is 0 Å². The molecular weight excluding hydrogens is 262 g/mol. The van der Waals surface area contributed by atoms with Crippen molar-refractivity contribution in [3.8, 4) is 0 Å². The van der Waals surface area contributed by atoms with Crippen molar-refractivity contribution in [3.05, 3.63) is 17.8 Å². The monoisotopic (exact) mass is 281 g/mol. The molecule has 19 heavy (non-hydrogen) atoms. The minimum absolute atomic E-state index is 0.218. The number of esters is 1. The fraction of sp³-hybridized carbons (Fsp3) is 0.538. The molecule has 1 saturated heterocycles. The molecular formula is C13H19N3O2S. The van der Waals surface area contributed by atoms with Crippen LogP contribution in [-0.4, -0.2) is 35.1 Å². The van der Waals surface area contributed by atoms with E-state index in [9.17, 15) is 4.79 Å². The molecule has 0 spiro atoms. The molecule has 0 aromatic carbocycles. The maximum absolute atomic E-state index is 11.4. The Balaban J connectivity index is 2.08. The molecule has 1 aromatic heterocycles. The number of carbonyl (C=O) groups excluding carboxylic acids is 1. The van der Waals surface area contributed by atoms with Gasteiger partial charge in [-0.05, 0) is 37.7 Å². The lowest BCUT2D eigenvalue weighted by molar-refractivity contribution is 0.0594. The van der Waals surface area contributed by atoms with Gasteiger partial charge in [0.1, 0.15) is 5.82 Å². The van der Waals surface area contributed by atoms with Crippen LogP contribution in [-0.2, 0) is 4.74 Å². The van der Waals surface area contributed by atoms with Gasteiger partial charge in [0.2, 0.25) is 0 Å². The third-order valence-corrected chi connectivity index (χ3v) is 4.79. The van der Waals surface area contributed by atoms with Crippen molar-refractivity contribution >= 4 is 29.2 Å². The predicted octanol–water partition coefficient (Wildman–Crippen LogP) is 2.15. The molecule has 0 bridgehead atoms. The number of methoxy groups -OCH3 is 1. The highest BCUT2D eigenvalue weighted by Crippen LogP contribution is 2.37. The Morgan fingerprint density at radius 3 is 3.05 bits per heavy atom. The molecule has 3 N–H and O–H groups in total. The number of aromatic nitrogens is 1. The lowest BCUT2D eigenvalue weighted by Crippen LogP contribution is -2.28. The molecule has 0 saturated carbocycles. The summed E-state index contributed by atoms with van der Waals surface area (Å²) in [5.41, 5.74) is 6.68. The molecule has 1 aromatic rings. The summed E-state index contributed by atoms with van der Waals surface area (Å²) in [6.45, 7) is 3.03. The van der Waals surface area contributed by atoms with E-state index < -0.39 is 5.97 Å². The fourth-order valence-electron chi connectivity index (χ4n) is 2.08. The molecule has 0 aliphatic carbocycles. The van der Waals surface area contributed by atoms with Crippen LogP contribution in [0.3, 0.4) is 0 Å². The molecule has 6 heteroatoms. The topological polar surface area (TPSA) is 77.2 Å². The van der Waals surface area contributed by atoms with Gasteiger partial charge in [-0.15, -0.1) is 0 Å². The van der Waals surface area contributed by atoms with Crippen LogP contribution in [0.1, 0.15) is 30.3 Å². The first-order chi connectivity index (χ1) is 9.04. The quantitative estimate of drug-likeness (QED) is 0.823. The lowest BCUT2D eigenvalue weighted by Gasteiger charge is -2.23. The number of nitrogens with two attached hydrogens (primary N) is 1. The van der Waals surface area contributed by atoms with E-state index in [0.29, 0.717) is 11.5 Å². The Bertz CT molecular complexity index is 473. The van der Waals surface area contributed by atoms with Gasteiger partial charge in [0, 0.05) is 11.3 Å². The van der Waals surface area contributed by atoms with E-state index in [1.807, 2.05) is 11.8 Å². The van der Waals surface area contributed by atoms with Gasteiger partial charge >= 0.3 is 5.97 Å². The van der Waals surface area contributed by atoms with Crippen molar-refractivity contribution in [1.82, 2.24) is 4.98 Å². The van der Waals surface area contributed by atoms with Crippen molar-refractivity contribution in [2.24, 2.45) is 0 Å². The van der Waals surface area contributed by atoms with E-state index in [2.05, 4.69) is 22.0 Å². The zero-order valence-corrected chi connectivity index (χ0v) is 12.0. The van der Waals surface area contributed by atoms with Crippen molar-refractivity contribution in [2.75, 3.05) is 30.5 Å². The second-order valence-corrected chi connectivity index (χ2v) is 6.56. The summed E-state index contributed by atoms with van der Waals surface area (Å²) in [4.78, 5) is 15.7. The highest BCUT2D eigenvalue weighted by molar-refractivity contribution is 8.00. The van der Waals surface area contributed by atoms with Crippen molar-refractivity contribution in [3.63, 3.8) is 0 Å². The van der Waals surface area contributed by atoms with Crippen LogP contribution in [0.2, 0.25) is 0 Å². The summed E-state index contributed by atoms with van der Waals surface area (Å²) in [5, 5.41) is 3.25. The molecule has 104 valence electrons. The first-order valence-electron chi connectivity index (χ1n) is 6.27. The van der Waals surface area contributed by atoms with Gasteiger partial charge in [-0.1, -0.05) is 0 Å². The molecule has 2 heterocycles. The summed E-state index contributed by atoms with van der Waals surface area (Å²) >= 11 is 1.96. The Hall–Kier alpha value is -1.43. The van der Waals surface area contributed by atoms with Crippen molar-refractivity contribution in [1.29, 1.82) is 0 Å². The predicted molar refractivity (Wildman–Crippen MR) is 78.6 cm³/mol. The number of ether oxygens (including phenoxy) is 1.